The number of hydrogen-bond donors (Lipinski definition) is 3. The highest BCUT2D eigenvalue weighted by atomic mass is 16.3. The molecule has 0 heterocycles. The molecule has 3 heteroatoms. The summed E-state index contributed by atoms with van der Waals surface area (Å²) in [4.78, 5) is 0. The molecule has 0 aromatic heterocycles. The summed E-state index contributed by atoms with van der Waals surface area (Å²) in [5.74, 6) is 0. The van der Waals surface area contributed by atoms with E-state index in [2.05, 4.69) is 0 Å². The standard InChI is InChI=1S/C6H15NO2/c1-2-5(8)3-6(9)4-7/h5-6,8-9H,2-4,7H2,1H3. The van der Waals surface area contributed by atoms with Gasteiger partial charge in [0.05, 0.1) is 12.2 Å². The summed E-state index contributed by atoms with van der Waals surface area (Å²) >= 11 is 0. The van der Waals surface area contributed by atoms with Crippen LogP contribution in [0.1, 0.15) is 19.8 Å². The molecular formula is C6H15NO2. The number of hydrogen-bond acceptors (Lipinski definition) is 3. The van der Waals surface area contributed by atoms with Gasteiger partial charge in [0.25, 0.3) is 0 Å². The van der Waals surface area contributed by atoms with Gasteiger partial charge in [-0.15, -0.1) is 0 Å². The molecule has 2 unspecified atom stereocenters. The van der Waals surface area contributed by atoms with E-state index in [9.17, 15) is 0 Å². The second kappa shape index (κ2) is 4.73. The van der Waals surface area contributed by atoms with Crippen molar-refractivity contribution in [2.45, 2.75) is 32.0 Å². The maximum absolute atomic E-state index is 8.94. The van der Waals surface area contributed by atoms with Crippen molar-refractivity contribution in [3.8, 4) is 0 Å². The van der Waals surface area contributed by atoms with Crippen LogP contribution >= 0.6 is 0 Å². The van der Waals surface area contributed by atoms with Gasteiger partial charge in [-0.1, -0.05) is 6.92 Å². The monoisotopic (exact) mass is 133 g/mol. The highest BCUT2D eigenvalue weighted by Crippen LogP contribution is 1.99. The van der Waals surface area contributed by atoms with Crippen molar-refractivity contribution < 1.29 is 10.2 Å². The van der Waals surface area contributed by atoms with Crippen LogP contribution in [-0.4, -0.2) is 29.0 Å². The van der Waals surface area contributed by atoms with Crippen molar-refractivity contribution in [3.05, 3.63) is 0 Å². The van der Waals surface area contributed by atoms with Crippen LogP contribution in [0.2, 0.25) is 0 Å². The lowest BCUT2D eigenvalue weighted by Crippen LogP contribution is -2.24. The molecule has 0 saturated carbocycles. The van der Waals surface area contributed by atoms with Crippen molar-refractivity contribution in [2.24, 2.45) is 5.73 Å². The second-order valence-electron chi connectivity index (χ2n) is 2.19. The van der Waals surface area contributed by atoms with E-state index in [0.717, 1.165) is 0 Å². The SMILES string of the molecule is CCC(O)CC(O)CN. The molecule has 0 fully saturated rings. The van der Waals surface area contributed by atoms with E-state index < -0.39 is 12.2 Å². The lowest BCUT2D eigenvalue weighted by Gasteiger charge is -2.10. The van der Waals surface area contributed by atoms with Gasteiger partial charge in [0.2, 0.25) is 0 Å². The smallest absolute Gasteiger partial charge is 0.0687 e. The molecule has 0 bridgehead atoms. The van der Waals surface area contributed by atoms with Crippen LogP contribution in [0.5, 0.6) is 0 Å². The molecule has 0 aromatic rings. The van der Waals surface area contributed by atoms with Crippen LogP contribution in [0.4, 0.5) is 0 Å². The molecule has 9 heavy (non-hydrogen) atoms. The first-order chi connectivity index (χ1) is 4.20. The Labute approximate surface area is 55.5 Å². The predicted octanol–water partition coefficient (Wildman–Crippen LogP) is -0.533. The molecule has 0 aliphatic rings. The molecule has 3 nitrogen and oxygen atoms in total. The van der Waals surface area contributed by atoms with Crippen molar-refractivity contribution in [1.82, 2.24) is 0 Å². The molecule has 0 spiro atoms. The zero-order chi connectivity index (χ0) is 7.28. The first-order valence-electron chi connectivity index (χ1n) is 3.26. The third kappa shape index (κ3) is 4.39. The van der Waals surface area contributed by atoms with E-state index in [1.165, 1.54) is 0 Å². The van der Waals surface area contributed by atoms with Gasteiger partial charge in [-0.05, 0) is 6.42 Å². The molecule has 0 saturated heterocycles. The minimum Gasteiger partial charge on any atom is -0.393 e. The van der Waals surface area contributed by atoms with Gasteiger partial charge in [0.1, 0.15) is 0 Å². The summed E-state index contributed by atoms with van der Waals surface area (Å²) in [6.07, 6.45) is 0.132. The molecule has 56 valence electrons. The number of aliphatic hydroxyl groups excluding tert-OH is 2. The summed E-state index contributed by atoms with van der Waals surface area (Å²) in [7, 11) is 0. The van der Waals surface area contributed by atoms with E-state index >= 15 is 0 Å². The minimum atomic E-state index is -0.542. The quantitative estimate of drug-likeness (QED) is 0.483. The van der Waals surface area contributed by atoms with Gasteiger partial charge >= 0.3 is 0 Å². The molecule has 0 aliphatic carbocycles. The molecule has 0 amide bonds. The van der Waals surface area contributed by atoms with Crippen molar-refractivity contribution in [2.75, 3.05) is 6.54 Å². The van der Waals surface area contributed by atoms with Gasteiger partial charge in [-0.3, -0.25) is 0 Å². The Morgan fingerprint density at radius 2 is 1.89 bits per heavy atom. The normalized spacial score (nSPS) is 17.3. The fraction of sp³-hybridized carbons (Fsp3) is 1.00. The first kappa shape index (κ1) is 8.88. The van der Waals surface area contributed by atoms with Crippen LogP contribution in [0.3, 0.4) is 0 Å². The Kier molecular flexibility index (Phi) is 4.67. The molecule has 4 N–H and O–H groups in total. The molecule has 0 rings (SSSR count). The summed E-state index contributed by atoms with van der Waals surface area (Å²) in [5.41, 5.74) is 5.11. The summed E-state index contributed by atoms with van der Waals surface area (Å²) in [6, 6.07) is 0. The van der Waals surface area contributed by atoms with E-state index in [0.29, 0.717) is 12.8 Å². The van der Waals surface area contributed by atoms with Crippen LogP contribution in [0, 0.1) is 0 Å². The average Bonchev–Trinajstić information content (AvgIpc) is 1.87. The maximum Gasteiger partial charge on any atom is 0.0687 e. The number of rotatable bonds is 4. The van der Waals surface area contributed by atoms with E-state index in [1.54, 1.807) is 0 Å². The van der Waals surface area contributed by atoms with Gasteiger partial charge in [0.15, 0.2) is 0 Å². The van der Waals surface area contributed by atoms with Crippen LogP contribution < -0.4 is 5.73 Å². The first-order valence-corrected chi connectivity index (χ1v) is 3.26. The van der Waals surface area contributed by atoms with Crippen LogP contribution in [0.15, 0.2) is 0 Å². The van der Waals surface area contributed by atoms with Gasteiger partial charge in [0, 0.05) is 13.0 Å². The Balaban J connectivity index is 3.22. The van der Waals surface area contributed by atoms with Crippen LogP contribution in [0.25, 0.3) is 0 Å². The third-order valence-corrected chi connectivity index (χ3v) is 1.29. The lowest BCUT2D eigenvalue weighted by molar-refractivity contribution is 0.0830. The van der Waals surface area contributed by atoms with E-state index in [1.807, 2.05) is 6.92 Å². The highest BCUT2D eigenvalue weighted by molar-refractivity contribution is 4.61. The van der Waals surface area contributed by atoms with E-state index in [-0.39, 0.29) is 6.54 Å². The molecule has 2 atom stereocenters. The number of nitrogens with two attached hydrogens (primary N) is 1. The fourth-order valence-corrected chi connectivity index (χ4v) is 0.577. The summed E-state index contributed by atoms with van der Waals surface area (Å²) in [6.45, 7) is 2.10. The second-order valence-corrected chi connectivity index (χ2v) is 2.19. The Bertz CT molecular complexity index is 60.1. The molecule has 0 radical (unpaired) electrons. The van der Waals surface area contributed by atoms with Crippen molar-refractivity contribution >= 4 is 0 Å². The van der Waals surface area contributed by atoms with Gasteiger partial charge in [-0.25, -0.2) is 0 Å². The Hall–Kier alpha value is -0.120. The predicted molar refractivity (Wildman–Crippen MR) is 36.0 cm³/mol. The molecule has 0 aromatic carbocycles. The minimum absolute atomic E-state index is 0.233. The Morgan fingerprint density at radius 3 is 2.22 bits per heavy atom. The summed E-state index contributed by atoms with van der Waals surface area (Å²) in [5, 5.41) is 17.8. The zero-order valence-corrected chi connectivity index (χ0v) is 5.75. The van der Waals surface area contributed by atoms with E-state index in [4.69, 9.17) is 15.9 Å². The molecule has 0 aliphatic heterocycles. The zero-order valence-electron chi connectivity index (χ0n) is 5.75. The fourth-order valence-electron chi connectivity index (χ4n) is 0.577. The molecular weight excluding hydrogens is 118 g/mol. The maximum atomic E-state index is 8.94. The third-order valence-electron chi connectivity index (χ3n) is 1.29. The van der Waals surface area contributed by atoms with Crippen LogP contribution in [-0.2, 0) is 0 Å². The van der Waals surface area contributed by atoms with Gasteiger partial charge < -0.3 is 15.9 Å². The van der Waals surface area contributed by atoms with Crippen molar-refractivity contribution in [1.29, 1.82) is 0 Å². The lowest BCUT2D eigenvalue weighted by atomic mass is 10.1. The topological polar surface area (TPSA) is 66.5 Å². The summed E-state index contributed by atoms with van der Waals surface area (Å²) < 4.78 is 0. The highest BCUT2D eigenvalue weighted by Gasteiger charge is 2.06. The van der Waals surface area contributed by atoms with Gasteiger partial charge in [-0.2, -0.15) is 0 Å². The largest absolute Gasteiger partial charge is 0.393 e. The average molecular weight is 133 g/mol. The Morgan fingerprint density at radius 1 is 1.33 bits per heavy atom. The number of aliphatic hydroxyl groups is 2. The van der Waals surface area contributed by atoms with Crippen molar-refractivity contribution in [3.63, 3.8) is 0 Å².